The van der Waals surface area contributed by atoms with Crippen molar-refractivity contribution in [1.82, 2.24) is 5.43 Å². The molecular weight excluding hydrogens is 484 g/mol. The van der Waals surface area contributed by atoms with E-state index in [2.05, 4.69) is 26.5 Å². The molecule has 1 amide bonds. The van der Waals surface area contributed by atoms with E-state index in [-0.39, 0.29) is 12.5 Å². The number of carbonyl (C=O) groups excluding carboxylic acids is 1. The molecule has 3 rings (SSSR count). The predicted octanol–water partition coefficient (Wildman–Crippen LogP) is 5.33. The minimum atomic E-state index is -0.305. The number of hydrogen-bond acceptors (Lipinski definition) is 5. The fourth-order valence-corrected chi connectivity index (χ4v) is 3.15. The molecule has 1 N–H and O–H groups in total. The summed E-state index contributed by atoms with van der Waals surface area (Å²) in [6.07, 6.45) is 1.48. The minimum absolute atomic E-state index is 0.284. The second-order valence-corrected chi connectivity index (χ2v) is 7.57. The highest BCUT2D eigenvalue weighted by Crippen LogP contribution is 2.36. The van der Waals surface area contributed by atoms with Crippen molar-refractivity contribution in [3.63, 3.8) is 0 Å². The maximum atomic E-state index is 12.0. The van der Waals surface area contributed by atoms with Crippen molar-refractivity contribution >= 4 is 39.7 Å². The zero-order chi connectivity index (χ0) is 22.1. The molecular formula is C23H20BrClN2O4. The van der Waals surface area contributed by atoms with Gasteiger partial charge in [-0.25, -0.2) is 5.43 Å². The lowest BCUT2D eigenvalue weighted by atomic mass is 10.2. The van der Waals surface area contributed by atoms with Crippen molar-refractivity contribution < 1.29 is 19.0 Å². The molecule has 31 heavy (non-hydrogen) atoms. The number of benzene rings is 3. The molecule has 6 nitrogen and oxygen atoms in total. The Kier molecular flexibility index (Phi) is 8.32. The van der Waals surface area contributed by atoms with Gasteiger partial charge in [0.2, 0.25) is 0 Å². The number of hydrazone groups is 1. The second kappa shape index (κ2) is 11.4. The summed E-state index contributed by atoms with van der Waals surface area (Å²) < 4.78 is 17.8. The molecule has 160 valence electrons. The van der Waals surface area contributed by atoms with Gasteiger partial charge in [-0.15, -0.1) is 0 Å². The fourth-order valence-electron chi connectivity index (χ4n) is 2.61. The predicted molar refractivity (Wildman–Crippen MR) is 125 cm³/mol. The number of hydrogen-bond donors (Lipinski definition) is 1. The van der Waals surface area contributed by atoms with Crippen molar-refractivity contribution in [1.29, 1.82) is 0 Å². The first kappa shape index (κ1) is 22.7. The number of nitrogens with zero attached hydrogens (tertiary/aromatic N) is 1. The summed E-state index contributed by atoms with van der Waals surface area (Å²) in [5.74, 6) is 1.30. The van der Waals surface area contributed by atoms with E-state index in [4.69, 9.17) is 25.8 Å². The Morgan fingerprint density at radius 2 is 1.77 bits per heavy atom. The lowest BCUT2D eigenvalue weighted by Gasteiger charge is -2.13. The van der Waals surface area contributed by atoms with E-state index < -0.39 is 0 Å². The van der Waals surface area contributed by atoms with Crippen molar-refractivity contribution in [2.24, 2.45) is 5.10 Å². The van der Waals surface area contributed by atoms with Crippen LogP contribution < -0.4 is 19.6 Å². The van der Waals surface area contributed by atoms with Gasteiger partial charge < -0.3 is 14.2 Å². The van der Waals surface area contributed by atoms with Crippen LogP contribution in [0.15, 0.2) is 76.3 Å². The smallest absolute Gasteiger partial charge is 0.271 e. The van der Waals surface area contributed by atoms with Crippen molar-refractivity contribution in [2.75, 3.05) is 20.3 Å². The molecule has 0 heterocycles. The molecule has 0 saturated heterocycles. The van der Waals surface area contributed by atoms with E-state index >= 15 is 0 Å². The standard InChI is InChI=1S/C23H20BrClN2O4/c1-29-21-14-16(15-26-27-23(28)17-5-3-2-4-6-17)13-20(25)22(21)31-12-11-30-19-9-7-18(24)8-10-19/h2-10,13-15H,11-12H2,1H3,(H,27,28)/b26-15-. The minimum Gasteiger partial charge on any atom is -0.493 e. The van der Waals surface area contributed by atoms with Crippen LogP contribution >= 0.6 is 27.5 Å². The number of methoxy groups -OCH3 is 1. The van der Waals surface area contributed by atoms with Gasteiger partial charge in [0.1, 0.15) is 19.0 Å². The first-order valence-electron chi connectivity index (χ1n) is 9.34. The maximum absolute atomic E-state index is 12.0. The van der Waals surface area contributed by atoms with E-state index in [0.717, 1.165) is 10.2 Å². The summed E-state index contributed by atoms with van der Waals surface area (Å²) in [6.45, 7) is 0.628. The fraction of sp³-hybridized carbons (Fsp3) is 0.130. The number of rotatable bonds is 9. The van der Waals surface area contributed by atoms with Gasteiger partial charge in [-0.1, -0.05) is 45.7 Å². The Morgan fingerprint density at radius 1 is 1.06 bits per heavy atom. The molecule has 0 saturated carbocycles. The van der Waals surface area contributed by atoms with Crippen LogP contribution in [0.25, 0.3) is 0 Å². The molecule has 3 aromatic rings. The van der Waals surface area contributed by atoms with Gasteiger partial charge >= 0.3 is 0 Å². The van der Waals surface area contributed by atoms with Gasteiger partial charge in [-0.3, -0.25) is 4.79 Å². The summed E-state index contributed by atoms with van der Waals surface area (Å²) in [6, 6.07) is 19.7. The Bertz CT molecular complexity index is 1040. The summed E-state index contributed by atoms with van der Waals surface area (Å²) in [4.78, 5) is 12.0. The monoisotopic (exact) mass is 502 g/mol. The third kappa shape index (κ3) is 6.73. The van der Waals surface area contributed by atoms with Crippen molar-refractivity contribution in [3.05, 3.63) is 87.4 Å². The van der Waals surface area contributed by atoms with Crippen molar-refractivity contribution in [3.8, 4) is 17.2 Å². The van der Waals surface area contributed by atoms with Crippen LogP contribution in [-0.2, 0) is 0 Å². The molecule has 0 radical (unpaired) electrons. The molecule has 3 aromatic carbocycles. The molecule has 0 aliphatic rings. The number of nitrogens with one attached hydrogen (secondary N) is 1. The summed E-state index contributed by atoms with van der Waals surface area (Å²) in [5.41, 5.74) is 3.64. The zero-order valence-electron chi connectivity index (χ0n) is 16.7. The molecule has 0 aromatic heterocycles. The van der Waals surface area contributed by atoms with Crippen LogP contribution in [0.1, 0.15) is 15.9 Å². The van der Waals surface area contributed by atoms with Gasteiger partial charge in [0.25, 0.3) is 5.91 Å². The maximum Gasteiger partial charge on any atom is 0.271 e. The Hall–Kier alpha value is -3.03. The number of carbonyl (C=O) groups is 1. The quantitative estimate of drug-likeness (QED) is 0.243. The first-order chi connectivity index (χ1) is 15.1. The van der Waals surface area contributed by atoms with Gasteiger partial charge in [-0.2, -0.15) is 5.10 Å². The molecule has 0 atom stereocenters. The van der Waals surface area contributed by atoms with E-state index in [0.29, 0.717) is 34.3 Å². The van der Waals surface area contributed by atoms with E-state index in [1.807, 2.05) is 30.3 Å². The largest absolute Gasteiger partial charge is 0.493 e. The SMILES string of the molecule is COc1cc(/C=N\NC(=O)c2ccccc2)cc(Cl)c1OCCOc1ccc(Br)cc1. The molecule has 0 aliphatic heterocycles. The molecule has 0 bridgehead atoms. The zero-order valence-corrected chi connectivity index (χ0v) is 19.0. The van der Waals surface area contributed by atoms with Gasteiger partial charge in [0.15, 0.2) is 11.5 Å². The molecule has 0 spiro atoms. The number of ether oxygens (including phenoxy) is 3. The van der Waals surface area contributed by atoms with Crippen LogP contribution in [0.2, 0.25) is 5.02 Å². The van der Waals surface area contributed by atoms with Gasteiger partial charge in [0.05, 0.1) is 18.3 Å². The van der Waals surface area contributed by atoms with E-state index in [1.165, 1.54) is 13.3 Å². The van der Waals surface area contributed by atoms with Crippen LogP contribution in [-0.4, -0.2) is 32.4 Å². The molecule has 0 fully saturated rings. The summed E-state index contributed by atoms with van der Waals surface area (Å²) in [7, 11) is 1.52. The molecule has 0 unspecified atom stereocenters. The highest BCUT2D eigenvalue weighted by molar-refractivity contribution is 9.10. The number of amides is 1. The average molecular weight is 504 g/mol. The Balaban J connectivity index is 1.57. The highest BCUT2D eigenvalue weighted by atomic mass is 79.9. The second-order valence-electron chi connectivity index (χ2n) is 6.25. The van der Waals surface area contributed by atoms with Crippen LogP contribution in [0.5, 0.6) is 17.2 Å². The topological polar surface area (TPSA) is 69.2 Å². The third-order valence-electron chi connectivity index (χ3n) is 4.08. The molecule has 8 heteroatoms. The van der Waals surface area contributed by atoms with Crippen LogP contribution in [0.3, 0.4) is 0 Å². The highest BCUT2D eigenvalue weighted by Gasteiger charge is 2.12. The molecule has 0 aliphatic carbocycles. The summed E-state index contributed by atoms with van der Waals surface area (Å²) >= 11 is 9.75. The van der Waals surface area contributed by atoms with Crippen molar-refractivity contribution in [2.45, 2.75) is 0 Å². The van der Waals surface area contributed by atoms with Gasteiger partial charge in [-0.05, 0) is 54.1 Å². The lowest BCUT2D eigenvalue weighted by Crippen LogP contribution is -2.17. The van der Waals surface area contributed by atoms with E-state index in [9.17, 15) is 4.79 Å². The summed E-state index contributed by atoms with van der Waals surface area (Å²) in [5, 5.41) is 4.34. The number of halogens is 2. The lowest BCUT2D eigenvalue weighted by molar-refractivity contribution is 0.0955. The third-order valence-corrected chi connectivity index (χ3v) is 4.89. The first-order valence-corrected chi connectivity index (χ1v) is 10.5. The average Bonchev–Trinajstić information content (AvgIpc) is 2.79. The van der Waals surface area contributed by atoms with E-state index in [1.54, 1.807) is 36.4 Å². The normalized spacial score (nSPS) is 10.7. The van der Waals surface area contributed by atoms with Gasteiger partial charge in [0, 0.05) is 10.0 Å². The Morgan fingerprint density at radius 3 is 2.48 bits per heavy atom. The van der Waals surface area contributed by atoms with Crippen LogP contribution in [0, 0.1) is 0 Å². The van der Waals surface area contributed by atoms with Crippen LogP contribution in [0.4, 0.5) is 0 Å². The Labute approximate surface area is 193 Å².